The molecule has 2 rings (SSSR count). The molecule has 0 aliphatic rings. The third-order valence-corrected chi connectivity index (χ3v) is 2.63. The highest BCUT2D eigenvalue weighted by Crippen LogP contribution is 2.14. The zero-order valence-corrected chi connectivity index (χ0v) is 10.2. The summed E-state index contributed by atoms with van der Waals surface area (Å²) < 4.78 is 0. The number of carbonyl (C=O) groups excluding carboxylic acids is 1. The number of halogens is 1. The van der Waals surface area contributed by atoms with Gasteiger partial charge in [-0.05, 0) is 37.3 Å². The van der Waals surface area contributed by atoms with E-state index in [0.717, 1.165) is 11.3 Å². The van der Waals surface area contributed by atoms with E-state index in [1.165, 1.54) is 0 Å². The Labute approximate surface area is 105 Å². The van der Waals surface area contributed by atoms with Gasteiger partial charge in [0.2, 0.25) is 0 Å². The van der Waals surface area contributed by atoms with Crippen LogP contribution in [0.3, 0.4) is 0 Å². The molecule has 3 heteroatoms. The lowest BCUT2D eigenvalue weighted by atomic mass is 10.2. The lowest BCUT2D eigenvalue weighted by Gasteiger charge is -2.05. The van der Waals surface area contributed by atoms with Crippen molar-refractivity contribution in [2.75, 3.05) is 5.32 Å². The van der Waals surface area contributed by atoms with Crippen LogP contribution in [0.1, 0.15) is 15.9 Å². The molecule has 0 aliphatic heterocycles. The third-order valence-electron chi connectivity index (χ3n) is 2.40. The van der Waals surface area contributed by atoms with E-state index >= 15 is 0 Å². The molecule has 0 aliphatic carbocycles. The molecule has 0 unspecified atom stereocenters. The van der Waals surface area contributed by atoms with E-state index in [1.807, 2.05) is 31.2 Å². The van der Waals surface area contributed by atoms with Crippen molar-refractivity contribution in [1.29, 1.82) is 0 Å². The second-order valence-corrected chi connectivity index (χ2v) is 4.27. The summed E-state index contributed by atoms with van der Waals surface area (Å²) in [5, 5.41) is 3.37. The number of hydrogen-bond acceptors (Lipinski definition) is 1. The van der Waals surface area contributed by atoms with Gasteiger partial charge in [-0.25, -0.2) is 0 Å². The molecular weight excluding hydrogens is 234 g/mol. The summed E-state index contributed by atoms with van der Waals surface area (Å²) in [6.07, 6.45) is 0. The molecular formula is C14H12ClNO. The van der Waals surface area contributed by atoms with E-state index in [0.29, 0.717) is 10.6 Å². The number of anilines is 1. The van der Waals surface area contributed by atoms with Crippen molar-refractivity contribution in [2.45, 2.75) is 6.92 Å². The molecule has 0 aromatic heterocycles. The van der Waals surface area contributed by atoms with E-state index < -0.39 is 0 Å². The highest BCUT2D eigenvalue weighted by Gasteiger charge is 2.05. The Morgan fingerprint density at radius 2 is 1.82 bits per heavy atom. The minimum atomic E-state index is -0.156. The fourth-order valence-corrected chi connectivity index (χ4v) is 1.66. The van der Waals surface area contributed by atoms with Gasteiger partial charge >= 0.3 is 0 Å². The summed E-state index contributed by atoms with van der Waals surface area (Å²) in [5.41, 5.74) is 2.49. The summed E-state index contributed by atoms with van der Waals surface area (Å²) in [5.74, 6) is -0.156. The van der Waals surface area contributed by atoms with Crippen molar-refractivity contribution in [2.24, 2.45) is 0 Å². The number of amides is 1. The van der Waals surface area contributed by atoms with Gasteiger partial charge in [-0.2, -0.15) is 0 Å². The topological polar surface area (TPSA) is 29.1 Å². The van der Waals surface area contributed by atoms with Gasteiger partial charge in [0.15, 0.2) is 0 Å². The largest absolute Gasteiger partial charge is 0.322 e. The monoisotopic (exact) mass is 245 g/mol. The minimum Gasteiger partial charge on any atom is -0.322 e. The Balaban J connectivity index is 2.14. The first-order valence-electron chi connectivity index (χ1n) is 5.29. The van der Waals surface area contributed by atoms with Gasteiger partial charge in [-0.15, -0.1) is 0 Å². The van der Waals surface area contributed by atoms with E-state index in [-0.39, 0.29) is 5.91 Å². The second-order valence-electron chi connectivity index (χ2n) is 3.83. The molecule has 0 bridgehead atoms. The van der Waals surface area contributed by atoms with Crippen molar-refractivity contribution in [3.8, 4) is 0 Å². The molecule has 0 saturated heterocycles. The highest BCUT2D eigenvalue weighted by atomic mass is 35.5. The average Bonchev–Trinajstić information content (AvgIpc) is 2.32. The van der Waals surface area contributed by atoms with Crippen LogP contribution in [0.5, 0.6) is 0 Å². The number of aryl methyl sites for hydroxylation is 1. The first-order chi connectivity index (χ1) is 8.15. The Kier molecular flexibility index (Phi) is 3.45. The van der Waals surface area contributed by atoms with Gasteiger partial charge in [0, 0.05) is 16.3 Å². The molecule has 0 heterocycles. The van der Waals surface area contributed by atoms with Gasteiger partial charge < -0.3 is 5.32 Å². The van der Waals surface area contributed by atoms with Crippen molar-refractivity contribution < 1.29 is 4.79 Å². The summed E-state index contributed by atoms with van der Waals surface area (Å²) >= 11 is 5.83. The Morgan fingerprint density at radius 1 is 1.12 bits per heavy atom. The van der Waals surface area contributed by atoms with Crippen LogP contribution in [0.25, 0.3) is 0 Å². The molecule has 0 saturated carbocycles. The van der Waals surface area contributed by atoms with Gasteiger partial charge in [-0.3, -0.25) is 4.79 Å². The molecule has 2 nitrogen and oxygen atoms in total. The van der Waals surface area contributed by atoms with Crippen molar-refractivity contribution in [1.82, 2.24) is 0 Å². The summed E-state index contributed by atoms with van der Waals surface area (Å²) in [6.45, 7) is 2.00. The van der Waals surface area contributed by atoms with E-state index in [1.54, 1.807) is 24.3 Å². The highest BCUT2D eigenvalue weighted by molar-refractivity contribution is 6.31. The molecule has 0 fully saturated rings. The van der Waals surface area contributed by atoms with Gasteiger partial charge in [0.1, 0.15) is 0 Å². The molecule has 2 aromatic carbocycles. The molecule has 17 heavy (non-hydrogen) atoms. The number of benzene rings is 2. The number of carbonyl (C=O) groups is 1. The van der Waals surface area contributed by atoms with Crippen molar-refractivity contribution >= 4 is 23.2 Å². The maximum atomic E-state index is 11.9. The van der Waals surface area contributed by atoms with Crippen LogP contribution in [-0.4, -0.2) is 5.91 Å². The predicted molar refractivity (Wildman–Crippen MR) is 70.6 cm³/mol. The van der Waals surface area contributed by atoms with Gasteiger partial charge in [-0.1, -0.05) is 35.4 Å². The van der Waals surface area contributed by atoms with Crippen LogP contribution < -0.4 is 5.32 Å². The van der Waals surface area contributed by atoms with Crippen LogP contribution in [-0.2, 0) is 0 Å². The molecule has 1 N–H and O–H groups in total. The maximum Gasteiger partial charge on any atom is 0.255 e. The molecule has 86 valence electrons. The normalized spacial score (nSPS) is 10.0. The fourth-order valence-electron chi connectivity index (χ4n) is 1.47. The third kappa shape index (κ3) is 3.08. The molecule has 0 spiro atoms. The lowest BCUT2D eigenvalue weighted by molar-refractivity contribution is 0.102. The summed E-state index contributed by atoms with van der Waals surface area (Å²) in [4.78, 5) is 11.9. The predicted octanol–water partition coefficient (Wildman–Crippen LogP) is 3.90. The van der Waals surface area contributed by atoms with E-state index in [2.05, 4.69) is 5.32 Å². The van der Waals surface area contributed by atoms with Crippen LogP contribution in [0, 0.1) is 6.92 Å². The zero-order valence-electron chi connectivity index (χ0n) is 9.41. The molecule has 2 aromatic rings. The molecule has 1 amide bonds. The van der Waals surface area contributed by atoms with Gasteiger partial charge in [0.25, 0.3) is 5.91 Å². The lowest BCUT2D eigenvalue weighted by Crippen LogP contribution is -2.11. The number of rotatable bonds is 2. The average molecular weight is 246 g/mol. The SMILES string of the molecule is Cc1ccc(NC(=O)c2cccc(Cl)c2)cc1. The van der Waals surface area contributed by atoms with E-state index in [9.17, 15) is 4.79 Å². The van der Waals surface area contributed by atoms with E-state index in [4.69, 9.17) is 11.6 Å². The Morgan fingerprint density at radius 3 is 2.47 bits per heavy atom. The number of hydrogen-bond donors (Lipinski definition) is 1. The summed E-state index contributed by atoms with van der Waals surface area (Å²) in [6, 6.07) is 14.5. The van der Waals surface area contributed by atoms with Crippen molar-refractivity contribution in [3.63, 3.8) is 0 Å². The molecule has 0 radical (unpaired) electrons. The zero-order chi connectivity index (χ0) is 12.3. The summed E-state index contributed by atoms with van der Waals surface area (Å²) in [7, 11) is 0. The first kappa shape index (κ1) is 11.7. The fraction of sp³-hybridized carbons (Fsp3) is 0.0714. The van der Waals surface area contributed by atoms with Crippen LogP contribution in [0.15, 0.2) is 48.5 Å². The standard InChI is InChI=1S/C14H12ClNO/c1-10-5-7-13(8-6-10)16-14(17)11-3-2-4-12(15)9-11/h2-9H,1H3,(H,16,17). The quantitative estimate of drug-likeness (QED) is 0.854. The maximum absolute atomic E-state index is 11.9. The first-order valence-corrected chi connectivity index (χ1v) is 5.66. The number of nitrogens with one attached hydrogen (secondary N) is 1. The second kappa shape index (κ2) is 5.02. The Bertz CT molecular complexity index is 534. The molecule has 0 atom stereocenters. The van der Waals surface area contributed by atoms with Crippen LogP contribution in [0.2, 0.25) is 5.02 Å². The smallest absolute Gasteiger partial charge is 0.255 e. The van der Waals surface area contributed by atoms with Crippen LogP contribution in [0.4, 0.5) is 5.69 Å². The Hall–Kier alpha value is -1.80. The van der Waals surface area contributed by atoms with Gasteiger partial charge in [0.05, 0.1) is 0 Å². The minimum absolute atomic E-state index is 0.156. The van der Waals surface area contributed by atoms with Crippen LogP contribution >= 0.6 is 11.6 Å². The van der Waals surface area contributed by atoms with Crippen molar-refractivity contribution in [3.05, 3.63) is 64.7 Å².